The summed E-state index contributed by atoms with van der Waals surface area (Å²) >= 11 is 18.4. The lowest BCUT2D eigenvalue weighted by Gasteiger charge is -2.34. The SMILES string of the molecule is O=c1nc2n(nc1-c1ccccc1)[C@H](C(Cl)(Cl)Cl)Nc1ccccc1-2. The third-order valence-electron chi connectivity index (χ3n) is 3.90. The second-order valence-corrected chi connectivity index (χ2v) is 7.90. The Balaban J connectivity index is 1.99. The number of alkyl halides is 3. The van der Waals surface area contributed by atoms with Crippen LogP contribution in [-0.2, 0) is 0 Å². The van der Waals surface area contributed by atoms with Crippen LogP contribution in [-0.4, -0.2) is 18.6 Å². The van der Waals surface area contributed by atoms with Gasteiger partial charge in [0, 0.05) is 16.8 Å². The lowest BCUT2D eigenvalue weighted by atomic mass is 10.1. The number of nitrogens with zero attached hydrogens (tertiary/aromatic N) is 3. The molecule has 0 radical (unpaired) electrons. The van der Waals surface area contributed by atoms with Crippen LogP contribution in [0.3, 0.4) is 0 Å². The minimum absolute atomic E-state index is 0.199. The van der Waals surface area contributed by atoms with Crippen LogP contribution in [0.5, 0.6) is 0 Å². The highest BCUT2D eigenvalue weighted by Gasteiger charge is 2.40. The number of hydrogen-bond donors (Lipinski definition) is 1. The molecule has 0 aliphatic carbocycles. The Morgan fingerprint density at radius 2 is 1.68 bits per heavy atom. The van der Waals surface area contributed by atoms with Crippen molar-refractivity contribution in [3.8, 4) is 22.6 Å². The number of fused-ring (bicyclic) bond motifs is 3. The molecule has 25 heavy (non-hydrogen) atoms. The number of aromatic nitrogens is 3. The Kier molecular flexibility index (Phi) is 3.95. The summed E-state index contributed by atoms with van der Waals surface area (Å²) < 4.78 is -0.237. The number of nitrogens with one attached hydrogen (secondary N) is 1. The van der Waals surface area contributed by atoms with Crippen LogP contribution < -0.4 is 10.9 Å². The molecule has 1 N–H and O–H groups in total. The van der Waals surface area contributed by atoms with Gasteiger partial charge < -0.3 is 5.32 Å². The van der Waals surface area contributed by atoms with Crippen LogP contribution >= 0.6 is 34.8 Å². The number of anilines is 1. The molecule has 1 aliphatic rings. The van der Waals surface area contributed by atoms with E-state index in [1.165, 1.54) is 4.68 Å². The molecular formula is C17H11Cl3N4O. The fourth-order valence-corrected chi connectivity index (χ4v) is 3.21. The first-order chi connectivity index (χ1) is 11.9. The molecule has 5 nitrogen and oxygen atoms in total. The van der Waals surface area contributed by atoms with E-state index in [0.717, 1.165) is 11.3 Å². The van der Waals surface area contributed by atoms with Crippen molar-refractivity contribution in [1.29, 1.82) is 0 Å². The van der Waals surface area contributed by atoms with Gasteiger partial charge >= 0.3 is 0 Å². The van der Waals surface area contributed by atoms with Gasteiger partial charge in [-0.15, -0.1) is 0 Å². The maximum Gasteiger partial charge on any atom is 0.300 e. The van der Waals surface area contributed by atoms with Gasteiger partial charge in [0.2, 0.25) is 3.79 Å². The summed E-state index contributed by atoms with van der Waals surface area (Å²) in [7, 11) is 0. The maximum atomic E-state index is 12.6. The Morgan fingerprint density at radius 3 is 2.40 bits per heavy atom. The van der Waals surface area contributed by atoms with Gasteiger partial charge in [0.1, 0.15) is 0 Å². The fourth-order valence-electron chi connectivity index (χ4n) is 2.77. The molecule has 3 aromatic rings. The molecule has 1 atom stereocenters. The highest BCUT2D eigenvalue weighted by Crippen LogP contribution is 2.44. The lowest BCUT2D eigenvalue weighted by molar-refractivity contribution is 0.491. The van der Waals surface area contributed by atoms with Crippen molar-refractivity contribution in [1.82, 2.24) is 14.8 Å². The van der Waals surface area contributed by atoms with Crippen molar-refractivity contribution in [2.24, 2.45) is 0 Å². The summed E-state index contributed by atoms with van der Waals surface area (Å²) in [5.74, 6) is 0.357. The van der Waals surface area contributed by atoms with Crippen molar-refractivity contribution in [2.75, 3.05) is 5.32 Å². The normalized spacial score (nSPS) is 15.9. The number of halogens is 3. The molecule has 126 valence electrons. The molecule has 1 aromatic heterocycles. The molecule has 0 fully saturated rings. The Hall–Kier alpha value is -2.08. The standard InChI is InChI=1S/C17H11Cl3N4O/c18-17(19,20)16-21-12-9-5-4-8-11(12)14-22-15(25)13(23-24(14)16)10-6-2-1-3-7-10/h1-9,16,21H/t16-/m1/s1. The summed E-state index contributed by atoms with van der Waals surface area (Å²) in [4.78, 5) is 16.8. The molecule has 0 amide bonds. The second-order valence-electron chi connectivity index (χ2n) is 5.53. The average Bonchev–Trinajstić information content (AvgIpc) is 2.60. The van der Waals surface area contributed by atoms with Gasteiger partial charge in [-0.3, -0.25) is 4.79 Å². The van der Waals surface area contributed by atoms with Crippen LogP contribution in [0.25, 0.3) is 22.6 Å². The fraction of sp³-hybridized carbons (Fsp3) is 0.118. The predicted octanol–water partition coefficient (Wildman–Crippen LogP) is 4.27. The molecule has 0 unspecified atom stereocenters. The van der Waals surface area contributed by atoms with E-state index in [2.05, 4.69) is 15.4 Å². The average molecular weight is 394 g/mol. The van der Waals surface area contributed by atoms with Gasteiger partial charge in [-0.1, -0.05) is 77.3 Å². The number of rotatable bonds is 1. The van der Waals surface area contributed by atoms with Crippen molar-refractivity contribution in [3.05, 3.63) is 65.0 Å². The summed E-state index contributed by atoms with van der Waals surface area (Å²) in [6, 6.07) is 16.4. The Labute approximate surface area is 158 Å². The van der Waals surface area contributed by atoms with E-state index in [4.69, 9.17) is 34.8 Å². The van der Waals surface area contributed by atoms with Gasteiger partial charge in [0.15, 0.2) is 17.7 Å². The molecule has 0 spiro atoms. The molecule has 1 aliphatic heterocycles. The zero-order chi connectivity index (χ0) is 17.6. The van der Waals surface area contributed by atoms with Gasteiger partial charge in [-0.05, 0) is 12.1 Å². The molecule has 2 heterocycles. The number of hydrogen-bond acceptors (Lipinski definition) is 4. The van der Waals surface area contributed by atoms with Crippen LogP contribution in [0.2, 0.25) is 0 Å². The minimum atomic E-state index is -1.69. The van der Waals surface area contributed by atoms with Gasteiger partial charge in [0.25, 0.3) is 5.56 Å². The van der Waals surface area contributed by atoms with E-state index in [9.17, 15) is 4.79 Å². The predicted molar refractivity (Wildman–Crippen MR) is 100 cm³/mol. The smallest absolute Gasteiger partial charge is 0.300 e. The Morgan fingerprint density at radius 1 is 1.00 bits per heavy atom. The van der Waals surface area contributed by atoms with E-state index >= 15 is 0 Å². The van der Waals surface area contributed by atoms with Crippen LogP contribution in [0.4, 0.5) is 5.69 Å². The minimum Gasteiger partial charge on any atom is -0.360 e. The van der Waals surface area contributed by atoms with Crippen LogP contribution in [0, 0.1) is 0 Å². The molecule has 4 rings (SSSR count). The van der Waals surface area contributed by atoms with Gasteiger partial charge in [-0.25, -0.2) is 4.68 Å². The summed E-state index contributed by atoms with van der Waals surface area (Å²) in [5.41, 5.74) is 1.86. The Bertz CT molecular complexity index is 999. The third kappa shape index (κ3) is 2.88. The van der Waals surface area contributed by atoms with Crippen molar-refractivity contribution in [3.63, 3.8) is 0 Å². The molecule has 2 aromatic carbocycles. The van der Waals surface area contributed by atoms with Crippen molar-refractivity contribution < 1.29 is 0 Å². The number of para-hydroxylation sites is 1. The van der Waals surface area contributed by atoms with E-state index < -0.39 is 15.5 Å². The zero-order valence-electron chi connectivity index (χ0n) is 12.7. The van der Waals surface area contributed by atoms with Crippen molar-refractivity contribution >= 4 is 40.5 Å². The number of benzene rings is 2. The highest BCUT2D eigenvalue weighted by molar-refractivity contribution is 6.68. The third-order valence-corrected chi connectivity index (χ3v) is 4.52. The van der Waals surface area contributed by atoms with Gasteiger partial charge in [0.05, 0.1) is 0 Å². The topological polar surface area (TPSA) is 59.8 Å². The van der Waals surface area contributed by atoms with E-state index in [1.54, 1.807) is 12.1 Å². The summed E-state index contributed by atoms with van der Waals surface area (Å²) in [6.45, 7) is 0. The first kappa shape index (κ1) is 16.4. The molecule has 0 bridgehead atoms. The molecule has 8 heteroatoms. The molecule has 0 saturated carbocycles. The lowest BCUT2D eigenvalue weighted by Crippen LogP contribution is -2.38. The first-order valence-corrected chi connectivity index (χ1v) is 8.57. The molecule has 0 saturated heterocycles. The van der Waals surface area contributed by atoms with E-state index in [1.807, 2.05) is 42.5 Å². The largest absolute Gasteiger partial charge is 0.360 e. The quantitative estimate of drug-likeness (QED) is 0.627. The van der Waals surface area contributed by atoms with Gasteiger partial charge in [-0.2, -0.15) is 10.1 Å². The van der Waals surface area contributed by atoms with Crippen LogP contribution in [0.15, 0.2) is 59.4 Å². The summed E-state index contributed by atoms with van der Waals surface area (Å²) in [6.07, 6.45) is -0.807. The first-order valence-electron chi connectivity index (χ1n) is 7.44. The highest BCUT2D eigenvalue weighted by atomic mass is 35.6. The van der Waals surface area contributed by atoms with E-state index in [0.29, 0.717) is 11.4 Å². The molecular weight excluding hydrogens is 383 g/mol. The monoisotopic (exact) mass is 392 g/mol. The van der Waals surface area contributed by atoms with Crippen LogP contribution in [0.1, 0.15) is 6.17 Å². The second kappa shape index (κ2) is 6.02. The maximum absolute atomic E-state index is 12.6. The van der Waals surface area contributed by atoms with Crippen molar-refractivity contribution in [2.45, 2.75) is 9.96 Å². The zero-order valence-corrected chi connectivity index (χ0v) is 14.9. The summed E-state index contributed by atoms with van der Waals surface area (Å²) in [5, 5.41) is 7.61. The van der Waals surface area contributed by atoms with E-state index in [-0.39, 0.29) is 5.69 Å².